The van der Waals surface area contributed by atoms with Crippen LogP contribution in [-0.2, 0) is 0 Å². The highest BCUT2D eigenvalue weighted by Gasteiger charge is 2.22. The average molecular weight is 381 g/mol. The third-order valence-electron chi connectivity index (χ3n) is 5.49. The second-order valence-corrected chi connectivity index (χ2v) is 7.27. The Morgan fingerprint density at radius 1 is 0.857 bits per heavy atom. The average Bonchev–Trinajstić information content (AvgIpc) is 2.74. The summed E-state index contributed by atoms with van der Waals surface area (Å²) in [5.74, 6) is 1.53. The van der Waals surface area contributed by atoms with Gasteiger partial charge in [-0.05, 0) is 25.2 Å². The number of anilines is 3. The van der Waals surface area contributed by atoms with Crippen molar-refractivity contribution in [3.8, 4) is 6.07 Å². The first-order valence-electron chi connectivity index (χ1n) is 9.59. The molecule has 2 saturated heterocycles. The van der Waals surface area contributed by atoms with Crippen molar-refractivity contribution >= 4 is 17.3 Å². The molecule has 1 aromatic carbocycles. The molecule has 0 spiro atoms. The van der Waals surface area contributed by atoms with Crippen molar-refractivity contribution < 1.29 is 4.39 Å². The topological polar surface area (TPSA) is 62.5 Å². The summed E-state index contributed by atoms with van der Waals surface area (Å²) in [6.07, 6.45) is 1.64. The van der Waals surface area contributed by atoms with Gasteiger partial charge in [0.2, 0.25) is 0 Å². The molecule has 0 saturated carbocycles. The Kier molecular flexibility index (Phi) is 5.26. The number of aromatic nitrogens is 2. The Morgan fingerprint density at radius 3 is 2.04 bits per heavy atom. The van der Waals surface area contributed by atoms with Crippen LogP contribution in [0.5, 0.6) is 0 Å². The van der Waals surface area contributed by atoms with Crippen LogP contribution < -0.4 is 14.7 Å². The molecule has 28 heavy (non-hydrogen) atoms. The lowest BCUT2D eigenvalue weighted by Gasteiger charge is -2.37. The molecule has 0 aliphatic carbocycles. The van der Waals surface area contributed by atoms with Crippen molar-refractivity contribution in [1.82, 2.24) is 14.9 Å². The molecule has 1 aromatic heterocycles. The summed E-state index contributed by atoms with van der Waals surface area (Å²) >= 11 is 0. The Labute approximate surface area is 164 Å². The molecule has 0 bridgehead atoms. The molecule has 2 aromatic rings. The number of halogens is 1. The fourth-order valence-corrected chi connectivity index (χ4v) is 3.77. The molecule has 3 heterocycles. The number of likely N-dealkylation sites (N-methyl/N-ethyl adjacent to an activating group) is 1. The molecule has 2 fully saturated rings. The van der Waals surface area contributed by atoms with Crippen LogP contribution in [0, 0.1) is 17.1 Å². The second kappa shape index (κ2) is 7.98. The zero-order valence-corrected chi connectivity index (χ0v) is 16.1. The molecule has 0 unspecified atom stereocenters. The van der Waals surface area contributed by atoms with Crippen LogP contribution >= 0.6 is 0 Å². The number of nitrogens with zero attached hydrogens (tertiary/aromatic N) is 7. The third kappa shape index (κ3) is 3.85. The van der Waals surface area contributed by atoms with E-state index >= 15 is 0 Å². The van der Waals surface area contributed by atoms with Gasteiger partial charge in [-0.2, -0.15) is 5.26 Å². The monoisotopic (exact) mass is 381 g/mol. The predicted octanol–water partition coefficient (Wildman–Crippen LogP) is 1.57. The molecular formula is C20H24FN7. The smallest absolute Gasteiger partial charge is 0.134 e. The maximum atomic E-state index is 13.4. The minimum atomic E-state index is -0.378. The molecule has 2 aliphatic heterocycles. The number of benzene rings is 1. The van der Waals surface area contributed by atoms with Gasteiger partial charge in [0, 0.05) is 58.4 Å². The van der Waals surface area contributed by atoms with Crippen molar-refractivity contribution in [2.24, 2.45) is 0 Å². The molecule has 0 N–H and O–H groups in total. The molecule has 0 atom stereocenters. The fraction of sp³-hybridized carbons (Fsp3) is 0.450. The number of nitriles is 1. The maximum Gasteiger partial charge on any atom is 0.134 e. The van der Waals surface area contributed by atoms with E-state index in [4.69, 9.17) is 0 Å². The Morgan fingerprint density at radius 2 is 1.43 bits per heavy atom. The predicted molar refractivity (Wildman–Crippen MR) is 107 cm³/mol. The minimum Gasteiger partial charge on any atom is -0.367 e. The van der Waals surface area contributed by atoms with E-state index in [0.29, 0.717) is 5.56 Å². The lowest BCUT2D eigenvalue weighted by atomic mass is 10.1. The van der Waals surface area contributed by atoms with Gasteiger partial charge in [0.05, 0.1) is 11.3 Å². The van der Waals surface area contributed by atoms with Gasteiger partial charge in [0.1, 0.15) is 29.8 Å². The zero-order valence-electron chi connectivity index (χ0n) is 16.1. The third-order valence-corrected chi connectivity index (χ3v) is 5.49. The molecule has 4 rings (SSSR count). The van der Waals surface area contributed by atoms with Crippen LogP contribution in [0.2, 0.25) is 0 Å². The van der Waals surface area contributed by atoms with Crippen LogP contribution in [0.4, 0.5) is 21.7 Å². The Bertz CT molecular complexity index is 865. The SMILES string of the molecule is CN1CCN(c2cc(N3CCN(c4ccc(F)cc4C#N)CC3)ncn2)CC1. The van der Waals surface area contributed by atoms with Gasteiger partial charge in [-0.25, -0.2) is 14.4 Å². The molecule has 8 heteroatoms. The normalized spacial score (nSPS) is 18.2. The van der Waals surface area contributed by atoms with E-state index in [2.05, 4.69) is 48.8 Å². The Hall–Kier alpha value is -2.92. The minimum absolute atomic E-state index is 0.378. The molecule has 2 aliphatic rings. The summed E-state index contributed by atoms with van der Waals surface area (Å²) in [5.41, 5.74) is 1.18. The largest absolute Gasteiger partial charge is 0.367 e. The van der Waals surface area contributed by atoms with Gasteiger partial charge in [-0.3, -0.25) is 0 Å². The summed E-state index contributed by atoms with van der Waals surface area (Å²) < 4.78 is 13.4. The van der Waals surface area contributed by atoms with E-state index in [9.17, 15) is 9.65 Å². The van der Waals surface area contributed by atoms with E-state index in [-0.39, 0.29) is 5.82 Å². The first kappa shape index (κ1) is 18.4. The molecule has 7 nitrogen and oxygen atoms in total. The van der Waals surface area contributed by atoms with Gasteiger partial charge < -0.3 is 19.6 Å². The fourth-order valence-electron chi connectivity index (χ4n) is 3.77. The number of piperazine rings is 2. The molecular weight excluding hydrogens is 357 g/mol. The quantitative estimate of drug-likeness (QED) is 0.800. The van der Waals surface area contributed by atoms with Gasteiger partial charge in [-0.15, -0.1) is 0 Å². The first-order valence-corrected chi connectivity index (χ1v) is 9.59. The lowest BCUT2D eigenvalue weighted by Crippen LogP contribution is -2.47. The van der Waals surface area contributed by atoms with E-state index in [1.165, 1.54) is 12.1 Å². The highest BCUT2D eigenvalue weighted by molar-refractivity contribution is 5.60. The summed E-state index contributed by atoms with van der Waals surface area (Å²) in [6, 6.07) is 8.57. The molecule has 146 valence electrons. The van der Waals surface area contributed by atoms with Crippen LogP contribution in [0.1, 0.15) is 5.56 Å². The highest BCUT2D eigenvalue weighted by atomic mass is 19.1. The van der Waals surface area contributed by atoms with Crippen molar-refractivity contribution in [2.75, 3.05) is 74.1 Å². The van der Waals surface area contributed by atoms with E-state index in [0.717, 1.165) is 69.7 Å². The standard InChI is InChI=1S/C20H24FN7/c1-25-4-6-27(7-5-25)19-13-20(24-15-23-19)28-10-8-26(9-11-28)18-3-2-17(21)12-16(18)14-22/h2-3,12-13,15H,4-11H2,1H3. The van der Waals surface area contributed by atoms with E-state index in [1.807, 2.05) is 0 Å². The number of hydrogen-bond acceptors (Lipinski definition) is 7. The zero-order chi connectivity index (χ0) is 19.5. The van der Waals surface area contributed by atoms with Gasteiger partial charge >= 0.3 is 0 Å². The second-order valence-electron chi connectivity index (χ2n) is 7.27. The Balaban J connectivity index is 1.43. The van der Waals surface area contributed by atoms with Crippen molar-refractivity contribution in [3.05, 3.63) is 42.0 Å². The van der Waals surface area contributed by atoms with Crippen LogP contribution in [0.15, 0.2) is 30.6 Å². The van der Waals surface area contributed by atoms with Crippen molar-refractivity contribution in [3.63, 3.8) is 0 Å². The van der Waals surface area contributed by atoms with Gasteiger partial charge in [-0.1, -0.05) is 0 Å². The number of hydrogen-bond donors (Lipinski definition) is 0. The van der Waals surface area contributed by atoms with E-state index < -0.39 is 0 Å². The van der Waals surface area contributed by atoms with E-state index in [1.54, 1.807) is 12.4 Å². The highest BCUT2D eigenvalue weighted by Crippen LogP contribution is 2.25. The molecule has 0 radical (unpaired) electrons. The van der Waals surface area contributed by atoms with Crippen molar-refractivity contribution in [1.29, 1.82) is 5.26 Å². The number of rotatable bonds is 3. The molecule has 0 amide bonds. The van der Waals surface area contributed by atoms with Crippen LogP contribution in [-0.4, -0.2) is 74.3 Å². The summed E-state index contributed by atoms with van der Waals surface area (Å²) in [5, 5.41) is 9.30. The summed E-state index contributed by atoms with van der Waals surface area (Å²) in [4.78, 5) is 17.9. The van der Waals surface area contributed by atoms with Crippen molar-refractivity contribution in [2.45, 2.75) is 0 Å². The van der Waals surface area contributed by atoms with Crippen LogP contribution in [0.3, 0.4) is 0 Å². The van der Waals surface area contributed by atoms with Gasteiger partial charge in [0.15, 0.2) is 0 Å². The summed E-state index contributed by atoms with van der Waals surface area (Å²) in [6.45, 7) is 7.13. The maximum absolute atomic E-state index is 13.4. The first-order chi connectivity index (χ1) is 13.6. The summed E-state index contributed by atoms with van der Waals surface area (Å²) in [7, 11) is 2.14. The van der Waals surface area contributed by atoms with Gasteiger partial charge in [0.25, 0.3) is 0 Å². The van der Waals surface area contributed by atoms with Crippen LogP contribution in [0.25, 0.3) is 0 Å². The lowest BCUT2D eigenvalue weighted by molar-refractivity contribution is 0.312.